The molecule has 21 heavy (non-hydrogen) atoms. The number of aromatic nitrogens is 1. The molecule has 1 aliphatic rings. The van der Waals surface area contributed by atoms with Crippen molar-refractivity contribution in [1.82, 2.24) is 9.88 Å². The van der Waals surface area contributed by atoms with Crippen molar-refractivity contribution in [2.45, 2.75) is 24.8 Å². The molecule has 0 unspecified atom stereocenters. The molecule has 1 aliphatic carbocycles. The van der Waals surface area contributed by atoms with E-state index in [9.17, 15) is 0 Å². The Balaban J connectivity index is 1.86. The van der Waals surface area contributed by atoms with E-state index in [1.807, 2.05) is 24.4 Å². The second-order valence-electron chi connectivity index (χ2n) is 6.07. The maximum absolute atomic E-state index is 5.33. The first-order chi connectivity index (χ1) is 10.1. The summed E-state index contributed by atoms with van der Waals surface area (Å²) in [7, 11) is 6.03. The smallest absolute Gasteiger partial charge is 0.134 e. The molecule has 4 heteroatoms. The molecule has 1 saturated carbocycles. The van der Waals surface area contributed by atoms with E-state index < -0.39 is 0 Å². The third-order valence-electron chi connectivity index (χ3n) is 4.79. The van der Waals surface area contributed by atoms with Gasteiger partial charge in [0.15, 0.2) is 0 Å². The van der Waals surface area contributed by atoms with Gasteiger partial charge < -0.3 is 15.0 Å². The summed E-state index contributed by atoms with van der Waals surface area (Å²) in [6, 6.07) is 8.14. The number of nitrogens with zero attached hydrogens (tertiary/aromatic N) is 2. The first-order valence-electron chi connectivity index (χ1n) is 7.49. The second kappa shape index (κ2) is 5.53. The Kier molecular flexibility index (Phi) is 3.72. The molecule has 1 aromatic carbocycles. The van der Waals surface area contributed by atoms with E-state index in [4.69, 9.17) is 4.74 Å². The van der Waals surface area contributed by atoms with Crippen molar-refractivity contribution >= 4 is 16.6 Å². The van der Waals surface area contributed by atoms with Crippen LogP contribution in [0.2, 0.25) is 0 Å². The number of hydrogen-bond donors (Lipinski definition) is 1. The highest BCUT2D eigenvalue weighted by atomic mass is 16.5. The van der Waals surface area contributed by atoms with Gasteiger partial charge in [0.2, 0.25) is 0 Å². The number of likely N-dealkylation sites (N-methyl/N-ethyl adjacent to an activating group) is 1. The number of anilines is 1. The first-order valence-corrected chi connectivity index (χ1v) is 7.49. The van der Waals surface area contributed by atoms with Crippen LogP contribution >= 0.6 is 0 Å². The molecule has 1 fully saturated rings. The van der Waals surface area contributed by atoms with Crippen LogP contribution in [0.3, 0.4) is 0 Å². The van der Waals surface area contributed by atoms with Gasteiger partial charge in [0.05, 0.1) is 7.11 Å². The zero-order valence-corrected chi connectivity index (χ0v) is 13.0. The SMILES string of the molecule is COc1ccc2ccnc(NCC3(N(C)C)CCC3)c2c1. The number of benzene rings is 1. The lowest BCUT2D eigenvalue weighted by Crippen LogP contribution is -2.54. The van der Waals surface area contributed by atoms with Crippen molar-refractivity contribution in [2.75, 3.05) is 33.1 Å². The molecule has 0 aliphatic heterocycles. The fourth-order valence-corrected chi connectivity index (χ4v) is 3.03. The monoisotopic (exact) mass is 285 g/mol. The standard InChI is InChI=1S/C17H23N3O/c1-20(2)17(8-4-9-17)12-19-16-15-11-14(21-3)6-5-13(15)7-10-18-16/h5-7,10-11H,4,8-9,12H2,1-3H3,(H,18,19). The van der Waals surface area contributed by atoms with E-state index >= 15 is 0 Å². The average molecular weight is 285 g/mol. The molecule has 2 aromatic rings. The molecule has 4 nitrogen and oxygen atoms in total. The van der Waals surface area contributed by atoms with Crippen molar-refractivity contribution in [3.8, 4) is 5.75 Å². The van der Waals surface area contributed by atoms with Crippen LogP contribution in [0.15, 0.2) is 30.5 Å². The Morgan fingerprint density at radius 2 is 2.10 bits per heavy atom. The van der Waals surface area contributed by atoms with Crippen molar-refractivity contribution in [3.05, 3.63) is 30.5 Å². The van der Waals surface area contributed by atoms with Crippen molar-refractivity contribution < 1.29 is 4.74 Å². The zero-order valence-electron chi connectivity index (χ0n) is 13.0. The van der Waals surface area contributed by atoms with Crippen LogP contribution in [0, 0.1) is 0 Å². The average Bonchev–Trinajstić information content (AvgIpc) is 2.45. The topological polar surface area (TPSA) is 37.4 Å². The summed E-state index contributed by atoms with van der Waals surface area (Å²) in [6.45, 7) is 0.934. The molecule has 0 bridgehead atoms. The lowest BCUT2D eigenvalue weighted by atomic mass is 9.75. The number of rotatable bonds is 5. The molecule has 0 radical (unpaired) electrons. The number of ether oxygens (including phenoxy) is 1. The lowest BCUT2D eigenvalue weighted by molar-refractivity contribution is 0.0738. The molecule has 0 atom stereocenters. The van der Waals surface area contributed by atoms with Crippen LogP contribution in [-0.4, -0.2) is 43.2 Å². The van der Waals surface area contributed by atoms with Gasteiger partial charge in [-0.2, -0.15) is 0 Å². The largest absolute Gasteiger partial charge is 0.497 e. The van der Waals surface area contributed by atoms with Crippen LogP contribution in [0.25, 0.3) is 10.8 Å². The van der Waals surface area contributed by atoms with Crippen LogP contribution < -0.4 is 10.1 Å². The van der Waals surface area contributed by atoms with Crippen LogP contribution in [0.4, 0.5) is 5.82 Å². The lowest BCUT2D eigenvalue weighted by Gasteiger charge is -2.47. The highest BCUT2D eigenvalue weighted by Crippen LogP contribution is 2.36. The highest BCUT2D eigenvalue weighted by Gasteiger charge is 2.38. The van der Waals surface area contributed by atoms with Gasteiger partial charge in [0.1, 0.15) is 11.6 Å². The number of methoxy groups -OCH3 is 1. The summed E-state index contributed by atoms with van der Waals surface area (Å²) in [6.07, 6.45) is 5.68. The molecule has 0 amide bonds. The fraction of sp³-hybridized carbons (Fsp3) is 0.471. The molecule has 112 valence electrons. The van der Waals surface area contributed by atoms with E-state index in [-0.39, 0.29) is 5.54 Å². The first kappa shape index (κ1) is 14.1. The Hall–Kier alpha value is -1.81. The molecule has 3 rings (SSSR count). The Labute approximate surface area is 126 Å². The number of nitrogens with one attached hydrogen (secondary N) is 1. The number of hydrogen-bond acceptors (Lipinski definition) is 4. The third-order valence-corrected chi connectivity index (χ3v) is 4.79. The molecule has 1 N–H and O–H groups in total. The maximum Gasteiger partial charge on any atom is 0.134 e. The normalized spacial score (nSPS) is 16.8. The van der Waals surface area contributed by atoms with Crippen LogP contribution in [-0.2, 0) is 0 Å². The maximum atomic E-state index is 5.33. The van der Waals surface area contributed by atoms with Crippen molar-refractivity contribution in [2.24, 2.45) is 0 Å². The van der Waals surface area contributed by atoms with Crippen LogP contribution in [0.5, 0.6) is 5.75 Å². The van der Waals surface area contributed by atoms with Gasteiger partial charge in [-0.15, -0.1) is 0 Å². The van der Waals surface area contributed by atoms with E-state index in [0.717, 1.165) is 23.5 Å². The molecular weight excluding hydrogens is 262 g/mol. The third kappa shape index (κ3) is 2.56. The summed E-state index contributed by atoms with van der Waals surface area (Å²) in [5, 5.41) is 5.85. The fourth-order valence-electron chi connectivity index (χ4n) is 3.03. The minimum absolute atomic E-state index is 0.280. The number of fused-ring (bicyclic) bond motifs is 1. The summed E-state index contributed by atoms with van der Waals surface area (Å²) < 4.78 is 5.33. The predicted octanol–water partition coefficient (Wildman–Crippen LogP) is 3.14. The molecule has 1 heterocycles. The molecule has 1 aromatic heterocycles. The van der Waals surface area contributed by atoms with E-state index in [1.165, 1.54) is 24.6 Å². The quantitative estimate of drug-likeness (QED) is 0.916. The Bertz CT molecular complexity index is 635. The van der Waals surface area contributed by atoms with Crippen LogP contribution in [0.1, 0.15) is 19.3 Å². The zero-order chi connectivity index (χ0) is 14.9. The highest BCUT2D eigenvalue weighted by molar-refractivity contribution is 5.92. The van der Waals surface area contributed by atoms with Gasteiger partial charge in [0, 0.05) is 23.7 Å². The molecule has 0 spiro atoms. The van der Waals surface area contributed by atoms with Gasteiger partial charge in [-0.25, -0.2) is 4.98 Å². The van der Waals surface area contributed by atoms with Gasteiger partial charge >= 0.3 is 0 Å². The van der Waals surface area contributed by atoms with Crippen molar-refractivity contribution in [1.29, 1.82) is 0 Å². The Morgan fingerprint density at radius 3 is 2.71 bits per heavy atom. The van der Waals surface area contributed by atoms with Gasteiger partial charge in [-0.1, -0.05) is 6.07 Å². The van der Waals surface area contributed by atoms with Gasteiger partial charge in [0.25, 0.3) is 0 Å². The van der Waals surface area contributed by atoms with Crippen molar-refractivity contribution in [3.63, 3.8) is 0 Å². The van der Waals surface area contributed by atoms with E-state index in [0.29, 0.717) is 0 Å². The minimum Gasteiger partial charge on any atom is -0.497 e. The second-order valence-corrected chi connectivity index (χ2v) is 6.07. The molecular formula is C17H23N3O. The molecule has 0 saturated heterocycles. The number of pyridine rings is 1. The van der Waals surface area contributed by atoms with E-state index in [1.54, 1.807) is 7.11 Å². The summed E-state index contributed by atoms with van der Waals surface area (Å²) in [5.41, 5.74) is 0.280. The van der Waals surface area contributed by atoms with Gasteiger partial charge in [-0.3, -0.25) is 0 Å². The van der Waals surface area contributed by atoms with E-state index in [2.05, 4.69) is 35.4 Å². The van der Waals surface area contributed by atoms with Gasteiger partial charge in [-0.05, 0) is 56.9 Å². The summed E-state index contributed by atoms with van der Waals surface area (Å²) in [4.78, 5) is 6.86. The predicted molar refractivity (Wildman–Crippen MR) is 87.1 cm³/mol. The Morgan fingerprint density at radius 1 is 1.29 bits per heavy atom. The summed E-state index contributed by atoms with van der Waals surface area (Å²) >= 11 is 0. The summed E-state index contributed by atoms with van der Waals surface area (Å²) in [5.74, 6) is 1.81. The minimum atomic E-state index is 0.280.